The van der Waals surface area contributed by atoms with Crippen molar-refractivity contribution in [1.82, 2.24) is 0 Å². The SMILES string of the molecule is CCOC(=O)c1c(C)cccc1OC(C)C. The van der Waals surface area contributed by atoms with E-state index in [-0.39, 0.29) is 12.1 Å². The third kappa shape index (κ3) is 2.99. The van der Waals surface area contributed by atoms with Crippen molar-refractivity contribution in [3.8, 4) is 5.75 Å². The second kappa shape index (κ2) is 5.54. The van der Waals surface area contributed by atoms with E-state index in [0.29, 0.717) is 17.9 Å². The Morgan fingerprint density at radius 3 is 2.62 bits per heavy atom. The van der Waals surface area contributed by atoms with Crippen LogP contribution in [-0.2, 0) is 4.74 Å². The summed E-state index contributed by atoms with van der Waals surface area (Å²) in [7, 11) is 0. The van der Waals surface area contributed by atoms with Gasteiger partial charge in [-0.2, -0.15) is 0 Å². The topological polar surface area (TPSA) is 35.5 Å². The van der Waals surface area contributed by atoms with Gasteiger partial charge in [-0.1, -0.05) is 12.1 Å². The number of carbonyl (C=O) groups is 1. The van der Waals surface area contributed by atoms with Crippen molar-refractivity contribution in [3.63, 3.8) is 0 Å². The maximum absolute atomic E-state index is 11.8. The van der Waals surface area contributed by atoms with Gasteiger partial charge in [-0.15, -0.1) is 0 Å². The third-order valence-electron chi connectivity index (χ3n) is 2.08. The minimum absolute atomic E-state index is 0.0370. The van der Waals surface area contributed by atoms with Crippen molar-refractivity contribution in [2.24, 2.45) is 0 Å². The molecule has 3 nitrogen and oxygen atoms in total. The number of carbonyl (C=O) groups excluding carboxylic acids is 1. The molecule has 0 unspecified atom stereocenters. The minimum Gasteiger partial charge on any atom is -0.490 e. The summed E-state index contributed by atoms with van der Waals surface area (Å²) in [6, 6.07) is 5.54. The second-order valence-electron chi connectivity index (χ2n) is 3.84. The Balaban J connectivity index is 3.07. The zero-order chi connectivity index (χ0) is 12.1. The molecule has 1 aromatic rings. The molecule has 0 N–H and O–H groups in total. The van der Waals surface area contributed by atoms with Gasteiger partial charge in [-0.3, -0.25) is 0 Å². The molecular formula is C13H18O3. The molecule has 1 rings (SSSR count). The summed E-state index contributed by atoms with van der Waals surface area (Å²) in [5.41, 5.74) is 1.40. The van der Waals surface area contributed by atoms with E-state index < -0.39 is 0 Å². The van der Waals surface area contributed by atoms with Crippen LogP contribution in [0, 0.1) is 6.92 Å². The van der Waals surface area contributed by atoms with Crippen LogP contribution < -0.4 is 4.74 Å². The van der Waals surface area contributed by atoms with Gasteiger partial charge in [0.2, 0.25) is 0 Å². The van der Waals surface area contributed by atoms with Crippen LogP contribution in [0.5, 0.6) is 5.75 Å². The molecule has 0 radical (unpaired) electrons. The lowest BCUT2D eigenvalue weighted by molar-refractivity contribution is 0.0519. The smallest absolute Gasteiger partial charge is 0.342 e. The summed E-state index contributed by atoms with van der Waals surface area (Å²) in [4.78, 5) is 11.8. The lowest BCUT2D eigenvalue weighted by atomic mass is 10.1. The summed E-state index contributed by atoms with van der Waals surface area (Å²) >= 11 is 0. The van der Waals surface area contributed by atoms with Crippen LogP contribution in [0.25, 0.3) is 0 Å². The Morgan fingerprint density at radius 1 is 1.38 bits per heavy atom. The average Bonchev–Trinajstić information content (AvgIpc) is 2.16. The van der Waals surface area contributed by atoms with Gasteiger partial charge in [0.1, 0.15) is 11.3 Å². The number of rotatable bonds is 4. The molecule has 16 heavy (non-hydrogen) atoms. The largest absolute Gasteiger partial charge is 0.490 e. The fourth-order valence-corrected chi connectivity index (χ4v) is 1.46. The summed E-state index contributed by atoms with van der Waals surface area (Å²) < 4.78 is 10.6. The van der Waals surface area contributed by atoms with Crippen LogP contribution in [0.2, 0.25) is 0 Å². The maximum atomic E-state index is 11.8. The number of aryl methyl sites for hydroxylation is 1. The molecule has 0 saturated heterocycles. The molecule has 0 aliphatic heterocycles. The highest BCUT2D eigenvalue weighted by atomic mass is 16.5. The lowest BCUT2D eigenvalue weighted by Gasteiger charge is -2.15. The molecule has 0 heterocycles. The third-order valence-corrected chi connectivity index (χ3v) is 2.08. The van der Waals surface area contributed by atoms with E-state index >= 15 is 0 Å². The number of ether oxygens (including phenoxy) is 2. The molecule has 3 heteroatoms. The van der Waals surface area contributed by atoms with Crippen LogP contribution in [-0.4, -0.2) is 18.7 Å². The maximum Gasteiger partial charge on any atom is 0.342 e. The van der Waals surface area contributed by atoms with Crippen molar-refractivity contribution in [2.75, 3.05) is 6.61 Å². The Morgan fingerprint density at radius 2 is 2.06 bits per heavy atom. The summed E-state index contributed by atoms with van der Waals surface area (Å²) in [6.45, 7) is 7.89. The Labute approximate surface area is 96.4 Å². The van der Waals surface area contributed by atoms with E-state index in [9.17, 15) is 4.79 Å². The van der Waals surface area contributed by atoms with Crippen LogP contribution in [0.1, 0.15) is 36.7 Å². The molecule has 0 fully saturated rings. The first kappa shape index (κ1) is 12.6. The van der Waals surface area contributed by atoms with Crippen LogP contribution in [0.4, 0.5) is 0 Å². The van der Waals surface area contributed by atoms with Crippen LogP contribution >= 0.6 is 0 Å². The summed E-state index contributed by atoms with van der Waals surface area (Å²) in [6.07, 6.45) is 0.0370. The van der Waals surface area contributed by atoms with Crippen LogP contribution in [0.3, 0.4) is 0 Å². The summed E-state index contributed by atoms with van der Waals surface area (Å²) in [5, 5.41) is 0. The van der Waals surface area contributed by atoms with Gasteiger partial charge in [-0.05, 0) is 39.3 Å². The van der Waals surface area contributed by atoms with E-state index in [0.717, 1.165) is 5.56 Å². The van der Waals surface area contributed by atoms with Gasteiger partial charge in [0.25, 0.3) is 0 Å². The van der Waals surface area contributed by atoms with Crippen molar-refractivity contribution in [3.05, 3.63) is 29.3 Å². The van der Waals surface area contributed by atoms with Crippen molar-refractivity contribution in [2.45, 2.75) is 33.8 Å². The fourth-order valence-electron chi connectivity index (χ4n) is 1.46. The van der Waals surface area contributed by atoms with E-state index in [1.807, 2.05) is 32.9 Å². The van der Waals surface area contributed by atoms with Gasteiger partial charge in [-0.25, -0.2) is 4.79 Å². The van der Waals surface area contributed by atoms with Gasteiger partial charge >= 0.3 is 5.97 Å². The lowest BCUT2D eigenvalue weighted by Crippen LogP contribution is -2.13. The zero-order valence-electron chi connectivity index (χ0n) is 10.2. The fraction of sp³-hybridized carbons (Fsp3) is 0.462. The molecule has 0 saturated carbocycles. The van der Waals surface area contributed by atoms with E-state index in [1.54, 1.807) is 13.0 Å². The predicted molar refractivity (Wildman–Crippen MR) is 62.9 cm³/mol. The van der Waals surface area contributed by atoms with E-state index in [1.165, 1.54) is 0 Å². The van der Waals surface area contributed by atoms with Crippen molar-refractivity contribution >= 4 is 5.97 Å². The normalized spacial score (nSPS) is 10.3. The second-order valence-corrected chi connectivity index (χ2v) is 3.84. The molecule has 0 spiro atoms. The standard InChI is InChI=1S/C13H18O3/c1-5-15-13(14)12-10(4)7-6-8-11(12)16-9(2)3/h6-9H,5H2,1-4H3. The summed E-state index contributed by atoms with van der Waals surface area (Å²) in [5.74, 6) is 0.268. The quantitative estimate of drug-likeness (QED) is 0.735. The highest BCUT2D eigenvalue weighted by Crippen LogP contribution is 2.24. The van der Waals surface area contributed by atoms with Gasteiger partial charge in [0.05, 0.1) is 12.7 Å². The first-order valence-corrected chi connectivity index (χ1v) is 5.49. The molecule has 0 bridgehead atoms. The number of hydrogen-bond acceptors (Lipinski definition) is 3. The molecule has 0 aliphatic carbocycles. The van der Waals surface area contributed by atoms with Gasteiger partial charge in [0, 0.05) is 0 Å². The molecular weight excluding hydrogens is 204 g/mol. The number of benzene rings is 1. The van der Waals surface area contributed by atoms with Gasteiger partial charge < -0.3 is 9.47 Å². The molecule has 1 aromatic carbocycles. The highest BCUT2D eigenvalue weighted by molar-refractivity contribution is 5.94. The molecule has 88 valence electrons. The van der Waals surface area contributed by atoms with Gasteiger partial charge in [0.15, 0.2) is 0 Å². The average molecular weight is 222 g/mol. The Kier molecular flexibility index (Phi) is 4.35. The molecule has 0 amide bonds. The van der Waals surface area contributed by atoms with Crippen molar-refractivity contribution < 1.29 is 14.3 Å². The molecule has 0 aromatic heterocycles. The Hall–Kier alpha value is -1.51. The first-order valence-electron chi connectivity index (χ1n) is 5.49. The predicted octanol–water partition coefficient (Wildman–Crippen LogP) is 2.96. The Bertz CT molecular complexity index is 369. The van der Waals surface area contributed by atoms with Crippen LogP contribution in [0.15, 0.2) is 18.2 Å². The zero-order valence-corrected chi connectivity index (χ0v) is 10.2. The molecule has 0 atom stereocenters. The van der Waals surface area contributed by atoms with Crippen molar-refractivity contribution in [1.29, 1.82) is 0 Å². The molecule has 0 aliphatic rings. The van der Waals surface area contributed by atoms with E-state index in [4.69, 9.17) is 9.47 Å². The monoisotopic (exact) mass is 222 g/mol. The van der Waals surface area contributed by atoms with E-state index in [2.05, 4.69) is 0 Å². The number of hydrogen-bond donors (Lipinski definition) is 0. The highest BCUT2D eigenvalue weighted by Gasteiger charge is 2.16. The minimum atomic E-state index is -0.323. The number of esters is 1. The first-order chi connectivity index (χ1) is 7.56.